The first-order valence-electron chi connectivity index (χ1n) is 6.76. The van der Waals surface area contributed by atoms with Crippen LogP contribution >= 0.6 is 11.6 Å². The Bertz CT molecular complexity index is 441. The highest BCUT2D eigenvalue weighted by Gasteiger charge is 2.14. The highest BCUT2D eigenvalue weighted by molar-refractivity contribution is 6.23. The van der Waals surface area contributed by atoms with Crippen LogP contribution in [0.4, 0.5) is 0 Å². The number of carboxylic acid groups (broad SMARTS) is 1. The Kier molecular flexibility index (Phi) is 6.65. The van der Waals surface area contributed by atoms with E-state index in [1.165, 1.54) is 0 Å². The van der Waals surface area contributed by atoms with Gasteiger partial charge in [-0.3, -0.25) is 4.79 Å². The summed E-state index contributed by atoms with van der Waals surface area (Å²) in [7, 11) is 0. The lowest BCUT2D eigenvalue weighted by atomic mass is 10.0. The monoisotopic (exact) mass is 296 g/mol. The molecule has 0 aromatic heterocycles. The topological polar surface area (TPSA) is 62.0 Å². The van der Waals surface area contributed by atoms with Crippen molar-refractivity contribution in [3.8, 4) is 0 Å². The van der Waals surface area contributed by atoms with Crippen LogP contribution < -0.4 is 0 Å². The zero-order chi connectivity index (χ0) is 15.0. The minimum absolute atomic E-state index is 0.0666. The van der Waals surface area contributed by atoms with Gasteiger partial charge >= 0.3 is 5.97 Å². The molecule has 1 atom stereocenters. The van der Waals surface area contributed by atoms with E-state index in [1.807, 2.05) is 30.3 Å². The number of halogens is 1. The van der Waals surface area contributed by atoms with Crippen LogP contribution in [0.5, 0.6) is 0 Å². The summed E-state index contributed by atoms with van der Waals surface area (Å²) in [5.41, 5.74) is 1.08. The van der Waals surface area contributed by atoms with Crippen LogP contribution in [-0.4, -0.2) is 16.1 Å². The molecule has 20 heavy (non-hydrogen) atoms. The fourth-order valence-electron chi connectivity index (χ4n) is 1.79. The lowest BCUT2D eigenvalue weighted by Gasteiger charge is -2.14. The van der Waals surface area contributed by atoms with Crippen molar-refractivity contribution in [1.82, 2.24) is 0 Å². The van der Waals surface area contributed by atoms with Crippen molar-refractivity contribution in [1.29, 1.82) is 0 Å². The Morgan fingerprint density at radius 3 is 2.50 bits per heavy atom. The zero-order valence-corrected chi connectivity index (χ0v) is 12.7. The lowest BCUT2D eigenvalue weighted by molar-refractivity contribution is -0.137. The number of aliphatic carboxylic acids is 1. The third kappa shape index (κ3) is 7.24. The molecule has 4 nitrogen and oxygen atoms in total. The van der Waals surface area contributed by atoms with Crippen LogP contribution in [0.15, 0.2) is 40.6 Å². The molecule has 1 rings (SSSR count). The van der Waals surface area contributed by atoms with Gasteiger partial charge in [0.15, 0.2) is 0 Å². The largest absolute Gasteiger partial charge is 0.481 e. The van der Waals surface area contributed by atoms with Crippen molar-refractivity contribution >= 4 is 17.6 Å². The standard InChI is InChI=1S/C15H21ClN2O2/c1-15(2,16)18-17-13(10-6-7-11-14(19)20)12-8-4-3-5-9-12/h3-5,8-9,13H,6-7,10-11H2,1-2H3,(H,19,20). The van der Waals surface area contributed by atoms with Gasteiger partial charge in [-0.15, -0.1) is 0 Å². The lowest BCUT2D eigenvalue weighted by Crippen LogP contribution is -2.05. The fourth-order valence-corrected chi connectivity index (χ4v) is 1.83. The first-order valence-corrected chi connectivity index (χ1v) is 7.14. The van der Waals surface area contributed by atoms with Crippen molar-refractivity contribution in [3.05, 3.63) is 35.9 Å². The molecule has 0 saturated heterocycles. The molecule has 1 unspecified atom stereocenters. The fraction of sp³-hybridized carbons (Fsp3) is 0.533. The Hall–Kier alpha value is -1.42. The molecule has 0 fully saturated rings. The summed E-state index contributed by atoms with van der Waals surface area (Å²) in [5, 5.41) is 17.1. The number of alkyl halides is 1. The number of rotatable bonds is 8. The van der Waals surface area contributed by atoms with Crippen LogP contribution in [0.1, 0.15) is 51.1 Å². The van der Waals surface area contributed by atoms with Gasteiger partial charge in [0.1, 0.15) is 5.00 Å². The molecule has 0 saturated carbocycles. The van der Waals surface area contributed by atoms with Gasteiger partial charge in [0, 0.05) is 6.42 Å². The summed E-state index contributed by atoms with van der Waals surface area (Å²) < 4.78 is 0. The second kappa shape index (κ2) is 8.00. The van der Waals surface area contributed by atoms with E-state index < -0.39 is 11.0 Å². The van der Waals surface area contributed by atoms with Gasteiger partial charge < -0.3 is 5.11 Å². The summed E-state index contributed by atoms with van der Waals surface area (Å²) in [6, 6.07) is 9.81. The number of benzene rings is 1. The van der Waals surface area contributed by atoms with Gasteiger partial charge in [-0.1, -0.05) is 48.4 Å². The highest BCUT2D eigenvalue weighted by Crippen LogP contribution is 2.26. The van der Waals surface area contributed by atoms with E-state index in [0.717, 1.165) is 18.4 Å². The maximum absolute atomic E-state index is 10.5. The van der Waals surface area contributed by atoms with Gasteiger partial charge in [-0.2, -0.15) is 10.2 Å². The molecule has 0 aliphatic heterocycles. The molecule has 0 bridgehead atoms. The zero-order valence-electron chi connectivity index (χ0n) is 11.9. The molecule has 5 heteroatoms. The van der Waals surface area contributed by atoms with Crippen LogP contribution in [0.3, 0.4) is 0 Å². The molecule has 1 aromatic carbocycles. The molecular weight excluding hydrogens is 276 g/mol. The molecule has 1 aromatic rings. The van der Waals surface area contributed by atoms with E-state index in [4.69, 9.17) is 16.7 Å². The number of unbranched alkanes of at least 4 members (excludes halogenated alkanes) is 1. The third-order valence-electron chi connectivity index (χ3n) is 2.74. The van der Waals surface area contributed by atoms with E-state index in [2.05, 4.69) is 10.2 Å². The summed E-state index contributed by atoms with van der Waals surface area (Å²) in [6.07, 6.45) is 2.42. The molecule has 0 aliphatic rings. The van der Waals surface area contributed by atoms with Crippen molar-refractivity contribution in [2.45, 2.75) is 50.6 Å². The normalized spacial score (nSPS) is 13.6. The van der Waals surface area contributed by atoms with Gasteiger partial charge in [0.05, 0.1) is 6.04 Å². The maximum atomic E-state index is 10.5. The molecule has 0 aliphatic carbocycles. The average molecular weight is 297 g/mol. The molecule has 0 spiro atoms. The summed E-state index contributed by atoms with van der Waals surface area (Å²) >= 11 is 6.03. The van der Waals surface area contributed by atoms with E-state index >= 15 is 0 Å². The first-order chi connectivity index (χ1) is 9.38. The number of azo groups is 1. The minimum Gasteiger partial charge on any atom is -0.481 e. The van der Waals surface area contributed by atoms with Crippen LogP contribution in [-0.2, 0) is 4.79 Å². The SMILES string of the molecule is CC(C)(Cl)N=NC(CCCCC(=O)O)c1ccccc1. The Morgan fingerprint density at radius 2 is 1.95 bits per heavy atom. The number of nitrogens with zero attached hydrogens (tertiary/aromatic N) is 2. The van der Waals surface area contributed by atoms with E-state index in [9.17, 15) is 4.79 Å². The summed E-state index contributed by atoms with van der Waals surface area (Å²) in [4.78, 5) is 9.80. The number of hydrogen-bond donors (Lipinski definition) is 1. The second-order valence-electron chi connectivity index (χ2n) is 5.19. The van der Waals surface area contributed by atoms with Gasteiger partial charge in [0.25, 0.3) is 0 Å². The average Bonchev–Trinajstić information content (AvgIpc) is 2.37. The Labute approximate surface area is 124 Å². The molecule has 110 valence electrons. The van der Waals surface area contributed by atoms with Crippen molar-refractivity contribution in [2.75, 3.05) is 0 Å². The minimum atomic E-state index is -0.759. The summed E-state index contributed by atoms with van der Waals surface area (Å²) in [5.74, 6) is -0.759. The van der Waals surface area contributed by atoms with E-state index in [0.29, 0.717) is 6.42 Å². The predicted molar refractivity (Wildman–Crippen MR) is 80.1 cm³/mol. The third-order valence-corrected chi connectivity index (χ3v) is 2.81. The smallest absolute Gasteiger partial charge is 0.303 e. The van der Waals surface area contributed by atoms with Crippen molar-refractivity contribution in [2.24, 2.45) is 10.2 Å². The first kappa shape index (κ1) is 16.6. The molecule has 1 N–H and O–H groups in total. The van der Waals surface area contributed by atoms with Crippen molar-refractivity contribution in [3.63, 3.8) is 0 Å². The quantitative estimate of drug-likeness (QED) is 0.324. The number of hydrogen-bond acceptors (Lipinski definition) is 3. The van der Waals surface area contributed by atoms with Crippen LogP contribution in [0.25, 0.3) is 0 Å². The van der Waals surface area contributed by atoms with Crippen LogP contribution in [0, 0.1) is 0 Å². The molecular formula is C15H21ClN2O2. The summed E-state index contributed by atoms with van der Waals surface area (Å²) in [6.45, 7) is 3.56. The second-order valence-corrected chi connectivity index (χ2v) is 6.12. The predicted octanol–water partition coefficient (Wildman–Crippen LogP) is 4.80. The van der Waals surface area contributed by atoms with E-state index in [-0.39, 0.29) is 12.5 Å². The molecule has 0 radical (unpaired) electrons. The highest BCUT2D eigenvalue weighted by atomic mass is 35.5. The van der Waals surface area contributed by atoms with Crippen LogP contribution in [0.2, 0.25) is 0 Å². The number of carboxylic acids is 1. The maximum Gasteiger partial charge on any atom is 0.303 e. The Morgan fingerprint density at radius 1 is 1.30 bits per heavy atom. The van der Waals surface area contributed by atoms with Gasteiger partial charge in [0.2, 0.25) is 0 Å². The van der Waals surface area contributed by atoms with Gasteiger partial charge in [-0.25, -0.2) is 0 Å². The molecule has 0 heterocycles. The molecule has 0 amide bonds. The number of carbonyl (C=O) groups is 1. The van der Waals surface area contributed by atoms with Crippen molar-refractivity contribution < 1.29 is 9.90 Å². The van der Waals surface area contributed by atoms with Gasteiger partial charge in [-0.05, 0) is 32.3 Å². The Balaban J connectivity index is 2.65. The van der Waals surface area contributed by atoms with E-state index in [1.54, 1.807) is 13.8 Å².